The molecule has 1 unspecified atom stereocenters. The minimum absolute atomic E-state index is 0.111. The number of carbonyl (C=O) groups is 3. The number of amides is 1. The molecule has 25 heavy (non-hydrogen) atoms. The van der Waals surface area contributed by atoms with Crippen molar-refractivity contribution in [2.45, 2.75) is 45.0 Å². The molecule has 1 amide bonds. The maximum atomic E-state index is 12.6. The first-order valence-electron chi connectivity index (χ1n) is 7.73. The molecule has 1 aliphatic heterocycles. The van der Waals surface area contributed by atoms with E-state index in [0.29, 0.717) is 5.70 Å². The van der Waals surface area contributed by atoms with Crippen LogP contribution in [-0.4, -0.2) is 35.6 Å². The molecule has 2 N–H and O–H groups in total. The van der Waals surface area contributed by atoms with E-state index in [-0.39, 0.29) is 12.0 Å². The molecule has 1 heterocycles. The van der Waals surface area contributed by atoms with E-state index in [4.69, 9.17) is 0 Å². The van der Waals surface area contributed by atoms with Gasteiger partial charge in [0.05, 0.1) is 11.3 Å². The number of Topliss-reactive ketones (excluding diaryl/α,β-unsaturated/α-hetero) is 1. The number of hydrogen-bond donors (Lipinski definition) is 2. The summed E-state index contributed by atoms with van der Waals surface area (Å²) in [6.45, 7) is 0. The van der Waals surface area contributed by atoms with Crippen LogP contribution in [0.15, 0.2) is 23.4 Å². The van der Waals surface area contributed by atoms with Crippen molar-refractivity contribution in [3.05, 3.63) is 23.4 Å². The summed E-state index contributed by atoms with van der Waals surface area (Å²) in [6.07, 6.45) is -5.63. The summed E-state index contributed by atoms with van der Waals surface area (Å²) in [5, 5.41) is 12.0. The molecule has 0 bridgehead atoms. The maximum absolute atomic E-state index is 12.6. The standard InChI is InChI=1S/C16H17F4NO4/c17-11(18)3-5-16(15(24)25,6-4-12(19)20)8-1-2-10-9(7-8)13(22)14(23)21-10/h1-2,9,11-12H,3-7H2,(H,21,23)(H,24,25). The van der Waals surface area contributed by atoms with Gasteiger partial charge in [0.1, 0.15) is 0 Å². The Bertz CT molecular complexity index is 630. The minimum Gasteiger partial charge on any atom is -0.481 e. The van der Waals surface area contributed by atoms with Gasteiger partial charge < -0.3 is 10.4 Å². The maximum Gasteiger partial charge on any atom is 0.313 e. The van der Waals surface area contributed by atoms with E-state index < -0.39 is 67.5 Å². The van der Waals surface area contributed by atoms with E-state index in [1.165, 1.54) is 12.2 Å². The summed E-state index contributed by atoms with van der Waals surface area (Å²) in [5.74, 6) is -3.98. The van der Waals surface area contributed by atoms with Crippen LogP contribution in [0.3, 0.4) is 0 Å². The SMILES string of the molecule is O=C1NC2=CC=C(C(CCC(F)F)(CCC(F)F)C(=O)O)CC2C1=O. The summed E-state index contributed by atoms with van der Waals surface area (Å²) in [6, 6.07) is 0. The number of carboxylic acid groups (broad SMARTS) is 1. The number of ketones is 1. The van der Waals surface area contributed by atoms with E-state index in [2.05, 4.69) is 5.32 Å². The van der Waals surface area contributed by atoms with Gasteiger partial charge in [-0.15, -0.1) is 0 Å². The number of nitrogens with one attached hydrogen (secondary N) is 1. The number of allylic oxidation sites excluding steroid dienone is 3. The number of halogens is 4. The zero-order valence-corrected chi connectivity index (χ0v) is 13.1. The fourth-order valence-corrected chi connectivity index (χ4v) is 3.28. The van der Waals surface area contributed by atoms with E-state index in [1.54, 1.807) is 0 Å². The van der Waals surface area contributed by atoms with Gasteiger partial charge in [-0.1, -0.05) is 11.6 Å². The lowest BCUT2D eigenvalue weighted by Gasteiger charge is -2.34. The lowest BCUT2D eigenvalue weighted by Crippen LogP contribution is -2.36. The second-order valence-corrected chi connectivity index (χ2v) is 6.14. The largest absolute Gasteiger partial charge is 0.481 e. The molecule has 138 valence electrons. The fourth-order valence-electron chi connectivity index (χ4n) is 3.28. The molecule has 0 radical (unpaired) electrons. The molecule has 1 aliphatic carbocycles. The van der Waals surface area contributed by atoms with E-state index in [9.17, 15) is 37.1 Å². The van der Waals surface area contributed by atoms with Gasteiger partial charge in [0.2, 0.25) is 18.6 Å². The molecular weight excluding hydrogens is 346 g/mol. The second-order valence-electron chi connectivity index (χ2n) is 6.14. The summed E-state index contributed by atoms with van der Waals surface area (Å²) < 4.78 is 50.6. The molecule has 5 nitrogen and oxygen atoms in total. The Hall–Kier alpha value is -2.19. The van der Waals surface area contributed by atoms with Crippen LogP contribution in [-0.2, 0) is 14.4 Å². The zero-order valence-electron chi connectivity index (χ0n) is 13.1. The van der Waals surface area contributed by atoms with E-state index in [0.717, 1.165) is 0 Å². The Labute approximate surface area is 140 Å². The van der Waals surface area contributed by atoms with Crippen LogP contribution in [0, 0.1) is 11.3 Å². The van der Waals surface area contributed by atoms with Crippen molar-refractivity contribution in [1.82, 2.24) is 5.32 Å². The molecule has 1 saturated heterocycles. The minimum atomic E-state index is -2.78. The highest BCUT2D eigenvalue weighted by Gasteiger charge is 2.47. The number of aliphatic carboxylic acids is 1. The van der Waals surface area contributed by atoms with Crippen molar-refractivity contribution < 1.29 is 37.1 Å². The number of fused-ring (bicyclic) bond motifs is 1. The molecule has 0 aromatic rings. The lowest BCUT2D eigenvalue weighted by molar-refractivity contribution is -0.148. The number of carbonyl (C=O) groups excluding carboxylic acids is 2. The van der Waals surface area contributed by atoms with Crippen LogP contribution in [0.5, 0.6) is 0 Å². The normalized spacial score (nSPS) is 20.5. The molecule has 0 aromatic carbocycles. The van der Waals surface area contributed by atoms with Crippen LogP contribution in [0.1, 0.15) is 32.1 Å². The average molecular weight is 363 g/mol. The lowest BCUT2D eigenvalue weighted by atomic mass is 9.68. The molecule has 0 saturated carbocycles. The van der Waals surface area contributed by atoms with Crippen molar-refractivity contribution in [3.63, 3.8) is 0 Å². The van der Waals surface area contributed by atoms with Crippen LogP contribution in [0.2, 0.25) is 0 Å². The molecule has 1 fully saturated rings. The average Bonchev–Trinajstić information content (AvgIpc) is 2.81. The topological polar surface area (TPSA) is 83.5 Å². The Morgan fingerprint density at radius 3 is 2.20 bits per heavy atom. The zero-order chi connectivity index (χ0) is 18.8. The van der Waals surface area contributed by atoms with Gasteiger partial charge in [-0.3, -0.25) is 14.4 Å². The van der Waals surface area contributed by atoms with Crippen molar-refractivity contribution in [3.8, 4) is 0 Å². The van der Waals surface area contributed by atoms with Gasteiger partial charge in [0.15, 0.2) is 0 Å². The quantitative estimate of drug-likeness (QED) is 0.513. The van der Waals surface area contributed by atoms with Crippen molar-refractivity contribution in [2.75, 3.05) is 0 Å². The van der Waals surface area contributed by atoms with Crippen LogP contribution < -0.4 is 5.32 Å². The van der Waals surface area contributed by atoms with Crippen LogP contribution in [0.25, 0.3) is 0 Å². The van der Waals surface area contributed by atoms with Gasteiger partial charge >= 0.3 is 5.97 Å². The summed E-state index contributed by atoms with van der Waals surface area (Å²) >= 11 is 0. The predicted octanol–water partition coefficient (Wildman–Crippen LogP) is 2.68. The Morgan fingerprint density at radius 2 is 1.72 bits per heavy atom. The highest BCUT2D eigenvalue weighted by atomic mass is 19.3. The highest BCUT2D eigenvalue weighted by Crippen LogP contribution is 2.45. The summed E-state index contributed by atoms with van der Waals surface area (Å²) in [7, 11) is 0. The molecule has 2 rings (SSSR count). The number of rotatable bonds is 8. The first kappa shape index (κ1) is 19.1. The fraction of sp³-hybridized carbons (Fsp3) is 0.562. The molecule has 1 atom stereocenters. The van der Waals surface area contributed by atoms with Crippen LogP contribution in [0.4, 0.5) is 17.6 Å². The van der Waals surface area contributed by atoms with Gasteiger partial charge in [-0.05, 0) is 25.3 Å². The molecule has 0 spiro atoms. The first-order valence-corrected chi connectivity index (χ1v) is 7.73. The van der Waals surface area contributed by atoms with E-state index >= 15 is 0 Å². The summed E-state index contributed by atoms with van der Waals surface area (Å²) in [4.78, 5) is 35.1. The first-order chi connectivity index (χ1) is 11.7. The third kappa shape index (κ3) is 3.91. The molecule has 0 aromatic heterocycles. The number of carboxylic acids is 1. The van der Waals surface area contributed by atoms with Crippen LogP contribution >= 0.6 is 0 Å². The van der Waals surface area contributed by atoms with E-state index in [1.807, 2.05) is 0 Å². The van der Waals surface area contributed by atoms with Gasteiger partial charge in [0, 0.05) is 18.5 Å². The second kappa shape index (κ2) is 7.37. The number of alkyl halides is 4. The smallest absolute Gasteiger partial charge is 0.313 e. The molecule has 9 heteroatoms. The molecule has 2 aliphatic rings. The van der Waals surface area contributed by atoms with Crippen molar-refractivity contribution in [1.29, 1.82) is 0 Å². The number of hydrogen-bond acceptors (Lipinski definition) is 3. The molecular formula is C16H17F4NO4. The van der Waals surface area contributed by atoms with Crippen molar-refractivity contribution in [2.24, 2.45) is 11.3 Å². The Kier molecular flexibility index (Phi) is 5.64. The third-order valence-electron chi connectivity index (χ3n) is 4.66. The monoisotopic (exact) mass is 363 g/mol. The Morgan fingerprint density at radius 1 is 1.16 bits per heavy atom. The highest BCUT2D eigenvalue weighted by molar-refractivity contribution is 6.40. The Balaban J connectivity index is 2.35. The van der Waals surface area contributed by atoms with Crippen molar-refractivity contribution >= 4 is 17.7 Å². The third-order valence-corrected chi connectivity index (χ3v) is 4.66. The van der Waals surface area contributed by atoms with Gasteiger partial charge in [-0.25, -0.2) is 17.6 Å². The van der Waals surface area contributed by atoms with Gasteiger partial charge in [0.25, 0.3) is 5.91 Å². The van der Waals surface area contributed by atoms with Gasteiger partial charge in [-0.2, -0.15) is 0 Å². The predicted molar refractivity (Wildman–Crippen MR) is 78.0 cm³/mol. The summed E-state index contributed by atoms with van der Waals surface area (Å²) in [5.41, 5.74) is -1.50.